The lowest BCUT2D eigenvalue weighted by atomic mass is 9.81. The average Bonchev–Trinajstić information content (AvgIpc) is 3.07. The zero-order valence-electron chi connectivity index (χ0n) is 11.5. The van der Waals surface area contributed by atoms with Crippen molar-refractivity contribution in [2.45, 2.75) is 83.0 Å². The number of fused-ring (bicyclic) bond motifs is 2. The number of hydrogen-bond donors (Lipinski definition) is 1. The van der Waals surface area contributed by atoms with E-state index >= 15 is 0 Å². The van der Waals surface area contributed by atoms with Crippen LogP contribution in [0.4, 0.5) is 0 Å². The van der Waals surface area contributed by atoms with Crippen molar-refractivity contribution in [2.75, 3.05) is 6.54 Å². The lowest BCUT2D eigenvalue weighted by molar-refractivity contribution is 0.0135. The first-order chi connectivity index (χ1) is 8.33. The summed E-state index contributed by atoms with van der Waals surface area (Å²) in [6.45, 7) is 5.76. The molecule has 1 N–H and O–H groups in total. The standard InChI is InChI=1S/C15H28N2/c1-3-11-8-15(11)17-13-6-5-7-14(17)10-12(9-13)16-4-2/h11-16H,3-10H2,1-2H3. The van der Waals surface area contributed by atoms with Crippen molar-refractivity contribution < 1.29 is 0 Å². The topological polar surface area (TPSA) is 15.3 Å². The van der Waals surface area contributed by atoms with Crippen LogP contribution in [0.1, 0.15) is 58.8 Å². The van der Waals surface area contributed by atoms with E-state index in [1.54, 1.807) is 0 Å². The SMILES string of the molecule is CCNC1CC2CCCC(C1)N2C1CC1CC. The van der Waals surface area contributed by atoms with Crippen molar-refractivity contribution in [3.8, 4) is 0 Å². The lowest BCUT2D eigenvalue weighted by Gasteiger charge is -2.49. The van der Waals surface area contributed by atoms with Gasteiger partial charge in [-0.05, 0) is 44.6 Å². The third kappa shape index (κ3) is 2.26. The quantitative estimate of drug-likeness (QED) is 0.807. The molecule has 4 atom stereocenters. The molecule has 17 heavy (non-hydrogen) atoms. The van der Waals surface area contributed by atoms with E-state index in [2.05, 4.69) is 24.1 Å². The molecule has 2 heteroatoms. The highest BCUT2D eigenvalue weighted by molar-refractivity contribution is 5.04. The maximum Gasteiger partial charge on any atom is 0.0133 e. The van der Waals surface area contributed by atoms with Gasteiger partial charge in [0.05, 0.1) is 0 Å². The van der Waals surface area contributed by atoms with Gasteiger partial charge in [0.1, 0.15) is 0 Å². The largest absolute Gasteiger partial charge is 0.314 e. The fourth-order valence-corrected chi connectivity index (χ4v) is 4.45. The van der Waals surface area contributed by atoms with E-state index in [1.807, 2.05) is 0 Å². The Morgan fingerprint density at radius 3 is 2.29 bits per heavy atom. The molecule has 0 aromatic carbocycles. The highest BCUT2D eigenvalue weighted by atomic mass is 15.3. The highest BCUT2D eigenvalue weighted by Crippen LogP contribution is 2.46. The summed E-state index contributed by atoms with van der Waals surface area (Å²) in [4.78, 5) is 2.95. The van der Waals surface area contributed by atoms with Crippen LogP contribution in [0, 0.1) is 5.92 Å². The molecule has 2 saturated heterocycles. The van der Waals surface area contributed by atoms with Gasteiger partial charge in [0, 0.05) is 24.2 Å². The van der Waals surface area contributed by atoms with Gasteiger partial charge in [-0.15, -0.1) is 0 Å². The van der Waals surface area contributed by atoms with Crippen LogP contribution in [0.25, 0.3) is 0 Å². The van der Waals surface area contributed by atoms with Crippen LogP contribution in [-0.2, 0) is 0 Å². The Hall–Kier alpha value is -0.0800. The Kier molecular flexibility index (Phi) is 3.45. The average molecular weight is 236 g/mol. The van der Waals surface area contributed by atoms with Gasteiger partial charge < -0.3 is 5.32 Å². The maximum atomic E-state index is 3.69. The lowest BCUT2D eigenvalue weighted by Crippen LogP contribution is -2.57. The molecule has 3 rings (SSSR count). The first-order valence-electron chi connectivity index (χ1n) is 7.84. The van der Waals surface area contributed by atoms with E-state index in [4.69, 9.17) is 0 Å². The van der Waals surface area contributed by atoms with Gasteiger partial charge in [-0.1, -0.05) is 26.7 Å². The van der Waals surface area contributed by atoms with Gasteiger partial charge in [-0.2, -0.15) is 0 Å². The number of nitrogens with one attached hydrogen (secondary N) is 1. The molecule has 0 aromatic rings. The van der Waals surface area contributed by atoms with Gasteiger partial charge in [0.15, 0.2) is 0 Å². The predicted octanol–water partition coefficient (Wildman–Crippen LogP) is 2.78. The molecule has 98 valence electrons. The second-order valence-corrected chi connectivity index (χ2v) is 6.38. The monoisotopic (exact) mass is 236 g/mol. The summed E-state index contributed by atoms with van der Waals surface area (Å²) < 4.78 is 0. The zero-order chi connectivity index (χ0) is 11.8. The molecule has 3 fully saturated rings. The predicted molar refractivity (Wildman–Crippen MR) is 72.2 cm³/mol. The van der Waals surface area contributed by atoms with Crippen molar-refractivity contribution >= 4 is 0 Å². The van der Waals surface area contributed by atoms with E-state index in [1.165, 1.54) is 44.9 Å². The third-order valence-corrected chi connectivity index (χ3v) is 5.32. The van der Waals surface area contributed by atoms with Crippen LogP contribution in [0.5, 0.6) is 0 Å². The second-order valence-electron chi connectivity index (χ2n) is 6.38. The number of nitrogens with zero attached hydrogens (tertiary/aromatic N) is 1. The Morgan fingerprint density at radius 1 is 1.06 bits per heavy atom. The maximum absolute atomic E-state index is 3.69. The summed E-state index contributed by atoms with van der Waals surface area (Å²) in [5.41, 5.74) is 0. The molecule has 1 saturated carbocycles. The van der Waals surface area contributed by atoms with Crippen molar-refractivity contribution in [3.63, 3.8) is 0 Å². The minimum Gasteiger partial charge on any atom is -0.314 e. The molecular formula is C15H28N2. The first-order valence-corrected chi connectivity index (χ1v) is 7.84. The number of piperidine rings is 2. The molecule has 2 nitrogen and oxygen atoms in total. The van der Waals surface area contributed by atoms with E-state index in [0.717, 1.165) is 36.6 Å². The highest BCUT2D eigenvalue weighted by Gasteiger charge is 2.49. The minimum atomic E-state index is 0.811. The van der Waals surface area contributed by atoms with Crippen molar-refractivity contribution in [3.05, 3.63) is 0 Å². The Balaban J connectivity index is 1.66. The van der Waals surface area contributed by atoms with Gasteiger partial charge >= 0.3 is 0 Å². The van der Waals surface area contributed by atoms with Crippen LogP contribution < -0.4 is 5.32 Å². The van der Waals surface area contributed by atoms with Crippen molar-refractivity contribution in [1.29, 1.82) is 0 Å². The van der Waals surface area contributed by atoms with Crippen molar-refractivity contribution in [2.24, 2.45) is 5.92 Å². The Labute approximate surface area is 106 Å². The van der Waals surface area contributed by atoms with Crippen LogP contribution in [0.3, 0.4) is 0 Å². The molecule has 2 bridgehead atoms. The number of rotatable bonds is 4. The molecule has 0 amide bonds. The van der Waals surface area contributed by atoms with E-state index in [9.17, 15) is 0 Å². The third-order valence-electron chi connectivity index (χ3n) is 5.32. The molecule has 1 aliphatic carbocycles. The number of hydrogen-bond acceptors (Lipinski definition) is 2. The molecule has 0 spiro atoms. The zero-order valence-corrected chi connectivity index (χ0v) is 11.5. The van der Waals surface area contributed by atoms with Gasteiger partial charge in [-0.25, -0.2) is 0 Å². The summed E-state index contributed by atoms with van der Waals surface area (Å²) in [6, 6.07) is 3.60. The molecule has 4 unspecified atom stereocenters. The summed E-state index contributed by atoms with van der Waals surface area (Å²) >= 11 is 0. The summed E-state index contributed by atoms with van der Waals surface area (Å²) in [7, 11) is 0. The molecule has 0 aromatic heterocycles. The molecule has 2 heterocycles. The Morgan fingerprint density at radius 2 is 1.76 bits per heavy atom. The van der Waals surface area contributed by atoms with E-state index in [-0.39, 0.29) is 0 Å². The summed E-state index contributed by atoms with van der Waals surface area (Å²) in [5.74, 6) is 1.04. The van der Waals surface area contributed by atoms with Crippen LogP contribution in [-0.4, -0.2) is 35.6 Å². The fourth-order valence-electron chi connectivity index (χ4n) is 4.45. The van der Waals surface area contributed by atoms with Crippen LogP contribution in [0.15, 0.2) is 0 Å². The fraction of sp³-hybridized carbons (Fsp3) is 1.00. The molecular weight excluding hydrogens is 208 g/mol. The molecule has 2 aliphatic heterocycles. The minimum absolute atomic E-state index is 0.811. The van der Waals surface area contributed by atoms with Gasteiger partial charge in [-0.3, -0.25) is 4.90 Å². The Bertz CT molecular complexity index is 252. The summed E-state index contributed by atoms with van der Waals surface area (Å²) in [5, 5.41) is 3.69. The summed E-state index contributed by atoms with van der Waals surface area (Å²) in [6.07, 6.45) is 10.1. The second kappa shape index (κ2) is 4.89. The van der Waals surface area contributed by atoms with E-state index < -0.39 is 0 Å². The van der Waals surface area contributed by atoms with Crippen LogP contribution in [0.2, 0.25) is 0 Å². The van der Waals surface area contributed by atoms with Crippen molar-refractivity contribution in [1.82, 2.24) is 10.2 Å². The van der Waals surface area contributed by atoms with E-state index in [0.29, 0.717) is 0 Å². The smallest absolute Gasteiger partial charge is 0.0133 e. The van der Waals surface area contributed by atoms with Gasteiger partial charge in [0.25, 0.3) is 0 Å². The first kappa shape index (κ1) is 12.0. The van der Waals surface area contributed by atoms with Gasteiger partial charge in [0.2, 0.25) is 0 Å². The molecule has 3 aliphatic rings. The normalized spacial score (nSPS) is 45.9. The molecule has 0 radical (unpaired) electrons. The van der Waals surface area contributed by atoms with Crippen LogP contribution >= 0.6 is 0 Å².